The minimum absolute atomic E-state index is 0.460. The zero-order valence-electron chi connectivity index (χ0n) is 33.7. The summed E-state index contributed by atoms with van der Waals surface area (Å²) in [6.07, 6.45) is -0.460. The van der Waals surface area contributed by atoms with Crippen molar-refractivity contribution in [3.05, 3.63) is 241 Å². The largest absolute Gasteiger partial charge is 0.344 e. The van der Waals surface area contributed by atoms with Crippen LogP contribution in [0.15, 0.2) is 234 Å². The normalized spacial score (nSPS) is 14.0. The van der Waals surface area contributed by atoms with Crippen LogP contribution in [0.3, 0.4) is 0 Å². The maximum atomic E-state index is 5.44. The van der Waals surface area contributed by atoms with Crippen molar-refractivity contribution in [2.75, 3.05) is 0 Å². The fraction of sp³-hybridized carbons (Fsp3) is 0.0175. The van der Waals surface area contributed by atoms with Gasteiger partial charge in [-0.2, -0.15) is 0 Å². The number of amidine groups is 2. The van der Waals surface area contributed by atoms with Crippen LogP contribution in [0.1, 0.15) is 22.9 Å². The molecule has 292 valence electrons. The van der Waals surface area contributed by atoms with Gasteiger partial charge in [0.15, 0.2) is 5.84 Å². The lowest BCUT2D eigenvalue weighted by atomic mass is 9.95. The molecule has 0 saturated carbocycles. The molecule has 1 aliphatic heterocycles. The average Bonchev–Trinajstić information content (AvgIpc) is 3.87. The van der Waals surface area contributed by atoms with Crippen LogP contribution < -0.4 is 5.32 Å². The third-order valence-electron chi connectivity index (χ3n) is 12.2. The molecule has 1 atom stereocenters. The quantitative estimate of drug-likeness (QED) is 0.172. The Morgan fingerprint density at radius 2 is 0.806 bits per heavy atom. The first kappa shape index (κ1) is 35.6. The van der Waals surface area contributed by atoms with Gasteiger partial charge in [-0.25, -0.2) is 9.98 Å². The molecular weight excluding hydrogens is 755 g/mol. The summed E-state index contributed by atoms with van der Waals surface area (Å²) < 4.78 is 4.82. The van der Waals surface area contributed by atoms with Crippen LogP contribution in [-0.2, 0) is 0 Å². The number of para-hydroxylation sites is 3. The molecule has 0 bridgehead atoms. The van der Waals surface area contributed by atoms with Gasteiger partial charge in [-0.3, -0.25) is 0 Å². The Bertz CT molecular complexity index is 3490. The number of nitrogens with zero attached hydrogens (tertiary/aromatic N) is 4. The van der Waals surface area contributed by atoms with Gasteiger partial charge in [0, 0.05) is 49.6 Å². The number of hydrogen-bond donors (Lipinski definition) is 1. The molecule has 62 heavy (non-hydrogen) atoms. The predicted octanol–water partition coefficient (Wildman–Crippen LogP) is 13.7. The molecule has 0 radical (unpaired) electrons. The zero-order valence-corrected chi connectivity index (χ0v) is 33.7. The molecule has 3 heterocycles. The molecule has 1 unspecified atom stereocenters. The fourth-order valence-electron chi connectivity index (χ4n) is 9.39. The fourth-order valence-corrected chi connectivity index (χ4v) is 9.39. The first-order valence-corrected chi connectivity index (χ1v) is 21.1. The smallest absolute Gasteiger partial charge is 0.159 e. The van der Waals surface area contributed by atoms with E-state index in [1.54, 1.807) is 0 Å². The van der Waals surface area contributed by atoms with Gasteiger partial charge in [0.1, 0.15) is 12.0 Å². The average molecular weight is 794 g/mol. The van der Waals surface area contributed by atoms with Crippen LogP contribution in [0.25, 0.3) is 77.2 Å². The van der Waals surface area contributed by atoms with E-state index in [4.69, 9.17) is 9.98 Å². The van der Waals surface area contributed by atoms with E-state index >= 15 is 0 Å². The molecular formula is C57H39N5. The molecule has 11 aromatic rings. The molecule has 1 aliphatic rings. The monoisotopic (exact) mass is 793 g/mol. The van der Waals surface area contributed by atoms with Crippen LogP contribution >= 0.6 is 0 Å². The lowest BCUT2D eigenvalue weighted by Crippen LogP contribution is -2.34. The third kappa shape index (κ3) is 5.94. The van der Waals surface area contributed by atoms with Gasteiger partial charge >= 0.3 is 0 Å². The van der Waals surface area contributed by atoms with E-state index < -0.39 is 6.17 Å². The maximum absolute atomic E-state index is 5.44. The van der Waals surface area contributed by atoms with Gasteiger partial charge in [0.25, 0.3) is 0 Å². The lowest BCUT2D eigenvalue weighted by Gasteiger charge is -2.27. The molecule has 9 aromatic carbocycles. The van der Waals surface area contributed by atoms with Crippen LogP contribution in [0.2, 0.25) is 0 Å². The second-order valence-corrected chi connectivity index (χ2v) is 15.8. The van der Waals surface area contributed by atoms with E-state index in [2.05, 4.69) is 221 Å². The van der Waals surface area contributed by atoms with Gasteiger partial charge in [-0.15, -0.1) is 0 Å². The number of rotatable bonds is 7. The van der Waals surface area contributed by atoms with Crippen LogP contribution in [0.5, 0.6) is 0 Å². The van der Waals surface area contributed by atoms with Gasteiger partial charge in [0.2, 0.25) is 0 Å². The highest BCUT2D eigenvalue weighted by atomic mass is 15.2. The van der Waals surface area contributed by atoms with Crippen molar-refractivity contribution in [3.63, 3.8) is 0 Å². The van der Waals surface area contributed by atoms with E-state index in [0.717, 1.165) is 67.2 Å². The summed E-state index contributed by atoms with van der Waals surface area (Å²) >= 11 is 0. The van der Waals surface area contributed by atoms with Gasteiger partial charge in [0.05, 0.1) is 22.1 Å². The van der Waals surface area contributed by atoms with E-state index in [1.165, 1.54) is 32.6 Å². The van der Waals surface area contributed by atoms with Crippen molar-refractivity contribution in [2.45, 2.75) is 6.17 Å². The number of nitrogens with one attached hydrogen (secondary N) is 1. The second kappa shape index (κ2) is 14.8. The summed E-state index contributed by atoms with van der Waals surface area (Å²) in [5, 5.41) is 8.76. The van der Waals surface area contributed by atoms with Crippen molar-refractivity contribution < 1.29 is 0 Å². The Labute approximate surface area is 359 Å². The Morgan fingerprint density at radius 1 is 0.355 bits per heavy atom. The summed E-state index contributed by atoms with van der Waals surface area (Å²) in [5.74, 6) is 1.46. The highest BCUT2D eigenvalue weighted by Gasteiger charge is 2.26. The standard InChI is InChI=1S/C57H39N5/c1-4-18-38(19-5-1)43-24-10-11-28-49(43)56-58-55(40-22-8-3-9-23-40)59-57(60-56)50-36-41(32-34-44(50)39-20-6-2-7-21-39)62-53-31-17-14-27-47(53)48-35-33-42(37-54(48)62)61-51-29-15-12-25-45(51)46-26-13-16-30-52(46)61/h1-37,57H,(H,58,59,60). The topological polar surface area (TPSA) is 46.6 Å². The van der Waals surface area contributed by atoms with Crippen LogP contribution in [-0.4, -0.2) is 20.8 Å². The van der Waals surface area contributed by atoms with Crippen LogP contribution in [0.4, 0.5) is 0 Å². The van der Waals surface area contributed by atoms with Crippen molar-refractivity contribution >= 4 is 55.3 Å². The summed E-state index contributed by atoms with van der Waals surface area (Å²) in [7, 11) is 0. The summed E-state index contributed by atoms with van der Waals surface area (Å²) in [6.45, 7) is 0. The van der Waals surface area contributed by atoms with Crippen molar-refractivity contribution in [1.82, 2.24) is 14.5 Å². The van der Waals surface area contributed by atoms with Crippen molar-refractivity contribution in [2.24, 2.45) is 9.98 Å². The SMILES string of the molecule is c1ccc(C2=NC(c3cc(-n4c5ccccc5c5ccc(-n6c7ccccc7c7ccccc76)cc54)ccc3-c3ccccc3)NC(c3ccccc3-c3ccccc3)=N2)cc1. The lowest BCUT2D eigenvalue weighted by molar-refractivity contribution is 0.675. The number of aromatic nitrogens is 2. The zero-order chi connectivity index (χ0) is 41.0. The van der Waals surface area contributed by atoms with Gasteiger partial charge < -0.3 is 14.5 Å². The summed E-state index contributed by atoms with van der Waals surface area (Å²) in [5.41, 5.74) is 14.3. The first-order chi connectivity index (χ1) is 30.8. The molecule has 1 N–H and O–H groups in total. The Balaban J connectivity index is 1.08. The molecule has 12 rings (SSSR count). The van der Waals surface area contributed by atoms with E-state index in [1.807, 2.05) is 18.2 Å². The predicted molar refractivity (Wildman–Crippen MR) is 258 cm³/mol. The summed E-state index contributed by atoms with van der Waals surface area (Å²) in [6, 6.07) is 79.9. The molecule has 0 aliphatic carbocycles. The van der Waals surface area contributed by atoms with E-state index in [9.17, 15) is 0 Å². The van der Waals surface area contributed by atoms with Crippen molar-refractivity contribution in [1.29, 1.82) is 0 Å². The Hall–Kier alpha value is -8.28. The molecule has 0 amide bonds. The van der Waals surface area contributed by atoms with Gasteiger partial charge in [-0.05, 0) is 64.7 Å². The summed E-state index contributed by atoms with van der Waals surface area (Å²) in [4.78, 5) is 10.7. The van der Waals surface area contributed by atoms with E-state index in [-0.39, 0.29) is 0 Å². The minimum Gasteiger partial charge on any atom is -0.344 e. The second-order valence-electron chi connectivity index (χ2n) is 15.8. The molecule has 0 saturated heterocycles. The molecule has 0 spiro atoms. The molecule has 5 heteroatoms. The highest BCUT2D eigenvalue weighted by molar-refractivity contribution is 6.15. The van der Waals surface area contributed by atoms with Gasteiger partial charge in [-0.1, -0.05) is 182 Å². The molecule has 5 nitrogen and oxygen atoms in total. The highest BCUT2D eigenvalue weighted by Crippen LogP contribution is 2.39. The number of hydrogen-bond acceptors (Lipinski definition) is 3. The number of fused-ring (bicyclic) bond motifs is 6. The Kier molecular flexibility index (Phi) is 8.49. The maximum Gasteiger partial charge on any atom is 0.159 e. The van der Waals surface area contributed by atoms with Crippen LogP contribution in [0, 0.1) is 0 Å². The number of aliphatic imine (C=N–C) groups is 2. The molecule has 0 fully saturated rings. The first-order valence-electron chi connectivity index (χ1n) is 21.1. The Morgan fingerprint density at radius 3 is 1.42 bits per heavy atom. The van der Waals surface area contributed by atoms with Crippen molar-refractivity contribution in [3.8, 4) is 33.6 Å². The third-order valence-corrected chi connectivity index (χ3v) is 12.2. The van der Waals surface area contributed by atoms with E-state index in [0.29, 0.717) is 5.84 Å². The number of benzene rings is 9. The molecule has 2 aromatic heterocycles. The minimum atomic E-state index is -0.460.